The van der Waals surface area contributed by atoms with Crippen LogP contribution in [0.25, 0.3) is 10.8 Å². The molecule has 1 heterocycles. The van der Waals surface area contributed by atoms with Crippen LogP contribution in [0.5, 0.6) is 0 Å². The van der Waals surface area contributed by atoms with E-state index in [4.69, 9.17) is 4.74 Å². The fourth-order valence-corrected chi connectivity index (χ4v) is 4.43. The van der Waals surface area contributed by atoms with Crippen molar-refractivity contribution in [2.75, 3.05) is 20.1 Å². The molecule has 172 valence electrons. The minimum Gasteiger partial charge on any atom is -0.445 e. The smallest absolute Gasteiger partial charge is 0.410 e. The van der Waals surface area contributed by atoms with E-state index < -0.39 is 18.2 Å². The van der Waals surface area contributed by atoms with Crippen LogP contribution in [-0.4, -0.2) is 59.2 Å². The summed E-state index contributed by atoms with van der Waals surface area (Å²) in [6, 6.07) is 23.0. The Bertz CT molecular complexity index is 1100. The number of hydrogen-bond acceptors (Lipinski definition) is 4. The summed E-state index contributed by atoms with van der Waals surface area (Å²) in [5, 5.41) is 12.9. The molecule has 0 spiro atoms. The van der Waals surface area contributed by atoms with Gasteiger partial charge in [0.25, 0.3) is 0 Å². The van der Waals surface area contributed by atoms with E-state index >= 15 is 0 Å². The zero-order chi connectivity index (χ0) is 23.2. The summed E-state index contributed by atoms with van der Waals surface area (Å²) in [7, 11) is 1.73. The molecule has 6 nitrogen and oxygen atoms in total. The second-order valence-electron chi connectivity index (χ2n) is 8.54. The third-order valence-electron chi connectivity index (χ3n) is 6.25. The maximum atomic E-state index is 13.1. The zero-order valence-corrected chi connectivity index (χ0v) is 18.9. The number of aliphatic hydroxyl groups is 1. The van der Waals surface area contributed by atoms with Gasteiger partial charge in [-0.05, 0) is 41.2 Å². The summed E-state index contributed by atoms with van der Waals surface area (Å²) in [5.74, 6) is -0.255. The van der Waals surface area contributed by atoms with Gasteiger partial charge in [0.2, 0.25) is 5.91 Å². The summed E-state index contributed by atoms with van der Waals surface area (Å²) in [5.41, 5.74) is 2.12. The highest BCUT2D eigenvalue weighted by atomic mass is 16.6. The molecule has 0 bridgehead atoms. The monoisotopic (exact) mass is 446 g/mol. The molecule has 1 N–H and O–H groups in total. The molecule has 0 aliphatic carbocycles. The summed E-state index contributed by atoms with van der Waals surface area (Å²) in [4.78, 5) is 28.7. The van der Waals surface area contributed by atoms with Crippen molar-refractivity contribution in [2.45, 2.75) is 38.0 Å². The number of likely N-dealkylation sites (tertiary alicyclic amines) is 1. The molecule has 0 radical (unpaired) electrons. The van der Waals surface area contributed by atoms with E-state index in [0.29, 0.717) is 19.5 Å². The van der Waals surface area contributed by atoms with Crippen LogP contribution in [0, 0.1) is 0 Å². The maximum absolute atomic E-state index is 13.1. The summed E-state index contributed by atoms with van der Waals surface area (Å²) < 4.78 is 5.41. The van der Waals surface area contributed by atoms with E-state index in [2.05, 4.69) is 30.3 Å². The molecule has 33 heavy (non-hydrogen) atoms. The highest BCUT2D eigenvalue weighted by molar-refractivity contribution is 5.87. The fraction of sp³-hybridized carbons (Fsp3) is 0.333. The lowest BCUT2D eigenvalue weighted by Crippen LogP contribution is -2.51. The summed E-state index contributed by atoms with van der Waals surface area (Å²) in [6.45, 7) is 0.973. The number of ether oxygens (including phenoxy) is 1. The minimum atomic E-state index is -0.907. The Kier molecular flexibility index (Phi) is 7.25. The Balaban J connectivity index is 1.33. The number of aliphatic hydroxyl groups excluding tert-OH is 1. The Morgan fingerprint density at radius 1 is 1.03 bits per heavy atom. The molecular weight excluding hydrogens is 416 g/mol. The van der Waals surface area contributed by atoms with E-state index in [9.17, 15) is 14.7 Å². The van der Waals surface area contributed by atoms with E-state index in [-0.39, 0.29) is 12.5 Å². The van der Waals surface area contributed by atoms with Crippen molar-refractivity contribution >= 4 is 22.8 Å². The minimum absolute atomic E-state index is 0.133. The van der Waals surface area contributed by atoms with Gasteiger partial charge >= 0.3 is 6.09 Å². The van der Waals surface area contributed by atoms with E-state index in [1.54, 1.807) is 11.9 Å². The standard InChI is InChI=1S/C27H30N2O4/c1-28(17-8-14-22-13-7-12-21-11-5-6-15-23(21)22)26(31)25-24(30)16-18-29(25)27(32)33-19-20-9-3-2-4-10-20/h2-7,9-13,15,24-25,30H,8,14,16-19H2,1H3/t24?,25-/m0/s1. The SMILES string of the molecule is CN(CCCc1cccc2ccccc12)C(=O)[C@@H]1C(O)CCN1C(=O)OCc1ccccc1. The highest BCUT2D eigenvalue weighted by Gasteiger charge is 2.43. The topological polar surface area (TPSA) is 70.1 Å². The average Bonchev–Trinajstić information content (AvgIpc) is 3.24. The van der Waals surface area contributed by atoms with Crippen molar-refractivity contribution in [3.63, 3.8) is 0 Å². The third-order valence-corrected chi connectivity index (χ3v) is 6.25. The molecule has 3 aromatic rings. The first-order chi connectivity index (χ1) is 16.0. The van der Waals surface area contributed by atoms with Gasteiger partial charge in [0.05, 0.1) is 6.10 Å². The lowest BCUT2D eigenvalue weighted by Gasteiger charge is -2.29. The van der Waals surface area contributed by atoms with Crippen LogP contribution in [0.15, 0.2) is 72.8 Å². The van der Waals surface area contributed by atoms with Crippen molar-refractivity contribution in [1.82, 2.24) is 9.80 Å². The molecule has 2 atom stereocenters. The van der Waals surface area contributed by atoms with Gasteiger partial charge in [0, 0.05) is 20.1 Å². The van der Waals surface area contributed by atoms with Crippen LogP contribution in [-0.2, 0) is 22.6 Å². The van der Waals surface area contributed by atoms with Crippen LogP contribution in [0.3, 0.4) is 0 Å². The van der Waals surface area contributed by atoms with Gasteiger partial charge in [-0.3, -0.25) is 9.69 Å². The number of carbonyl (C=O) groups is 2. The van der Waals surface area contributed by atoms with Crippen molar-refractivity contribution in [2.24, 2.45) is 0 Å². The van der Waals surface area contributed by atoms with Crippen LogP contribution in [0.2, 0.25) is 0 Å². The Morgan fingerprint density at radius 3 is 2.58 bits per heavy atom. The second kappa shape index (κ2) is 10.5. The molecule has 0 saturated carbocycles. The van der Waals surface area contributed by atoms with Gasteiger partial charge < -0.3 is 14.7 Å². The van der Waals surface area contributed by atoms with Crippen LogP contribution >= 0.6 is 0 Å². The van der Waals surface area contributed by atoms with Gasteiger partial charge in [-0.15, -0.1) is 0 Å². The van der Waals surface area contributed by atoms with Crippen molar-refractivity contribution < 1.29 is 19.4 Å². The Hall–Kier alpha value is -3.38. The van der Waals surface area contributed by atoms with E-state index in [1.165, 1.54) is 21.2 Å². The number of carbonyl (C=O) groups excluding carboxylic acids is 2. The van der Waals surface area contributed by atoms with E-state index in [1.807, 2.05) is 42.5 Å². The van der Waals surface area contributed by atoms with E-state index in [0.717, 1.165) is 18.4 Å². The predicted octanol–water partition coefficient (Wildman–Crippen LogP) is 4.00. The van der Waals surface area contributed by atoms with Crippen LogP contribution < -0.4 is 0 Å². The lowest BCUT2D eigenvalue weighted by molar-refractivity contribution is -0.136. The number of likely N-dealkylation sites (N-methyl/N-ethyl adjacent to an activating group) is 1. The van der Waals surface area contributed by atoms with Crippen LogP contribution in [0.1, 0.15) is 24.0 Å². The molecule has 0 aromatic heterocycles. The van der Waals surface area contributed by atoms with Crippen molar-refractivity contribution in [3.05, 3.63) is 83.9 Å². The first kappa shape index (κ1) is 22.8. The number of nitrogens with zero attached hydrogens (tertiary/aromatic N) is 2. The molecule has 4 rings (SSSR count). The third kappa shape index (κ3) is 5.34. The normalized spacial score (nSPS) is 17.8. The van der Waals surface area contributed by atoms with Gasteiger partial charge in [0.15, 0.2) is 0 Å². The van der Waals surface area contributed by atoms with Crippen molar-refractivity contribution in [1.29, 1.82) is 0 Å². The lowest BCUT2D eigenvalue weighted by atomic mass is 10.0. The number of aryl methyl sites for hydroxylation is 1. The summed E-state index contributed by atoms with van der Waals surface area (Å²) in [6.07, 6.45) is 0.535. The first-order valence-electron chi connectivity index (χ1n) is 11.4. The zero-order valence-electron chi connectivity index (χ0n) is 18.9. The van der Waals surface area contributed by atoms with Gasteiger partial charge in [-0.2, -0.15) is 0 Å². The molecule has 1 unspecified atom stereocenters. The van der Waals surface area contributed by atoms with Crippen LogP contribution in [0.4, 0.5) is 4.79 Å². The van der Waals surface area contributed by atoms with Crippen molar-refractivity contribution in [3.8, 4) is 0 Å². The summed E-state index contributed by atoms with van der Waals surface area (Å²) >= 11 is 0. The predicted molar refractivity (Wildman–Crippen MR) is 128 cm³/mol. The Morgan fingerprint density at radius 2 is 1.76 bits per heavy atom. The molecule has 1 aliphatic rings. The molecule has 1 fully saturated rings. The molecule has 6 heteroatoms. The van der Waals surface area contributed by atoms with Gasteiger partial charge in [-0.25, -0.2) is 4.79 Å². The Labute approximate surface area is 194 Å². The number of hydrogen-bond donors (Lipinski definition) is 1. The molecule has 1 aliphatic heterocycles. The number of amides is 2. The highest BCUT2D eigenvalue weighted by Crippen LogP contribution is 2.23. The van der Waals surface area contributed by atoms with Gasteiger partial charge in [0.1, 0.15) is 12.6 Å². The molecule has 1 saturated heterocycles. The molecule has 3 aromatic carbocycles. The quantitative estimate of drug-likeness (QED) is 0.596. The largest absolute Gasteiger partial charge is 0.445 e. The average molecular weight is 447 g/mol. The maximum Gasteiger partial charge on any atom is 0.410 e. The second-order valence-corrected chi connectivity index (χ2v) is 8.54. The number of benzene rings is 3. The first-order valence-corrected chi connectivity index (χ1v) is 11.4. The fourth-order valence-electron chi connectivity index (χ4n) is 4.43. The number of fused-ring (bicyclic) bond motifs is 1. The molecule has 2 amide bonds. The molecular formula is C27H30N2O4. The number of rotatable bonds is 7. The van der Waals surface area contributed by atoms with Gasteiger partial charge in [-0.1, -0.05) is 72.8 Å².